The Morgan fingerprint density at radius 1 is 1.27 bits per heavy atom. The van der Waals surface area contributed by atoms with Gasteiger partial charge in [0.05, 0.1) is 0 Å². The molecule has 15 heavy (non-hydrogen) atoms. The first-order chi connectivity index (χ1) is 7.18. The summed E-state index contributed by atoms with van der Waals surface area (Å²) in [5, 5.41) is 9.29. The number of rotatable bonds is 1. The Bertz CT molecular complexity index is 542. The molecule has 5 N–H and O–H groups in total. The smallest absolute Gasteiger partial charge is 0.211 e. The second kappa shape index (κ2) is 3.66. The highest BCUT2D eigenvalue weighted by Gasteiger charge is 2.05. The molecule has 5 nitrogen and oxygen atoms in total. The second-order valence-electron chi connectivity index (χ2n) is 2.97. The van der Waals surface area contributed by atoms with Crippen molar-refractivity contribution in [3.05, 3.63) is 24.3 Å². The fraction of sp³-hybridized carbons (Fsp3) is 0. The molecule has 0 radical (unpaired) electrons. The van der Waals surface area contributed by atoms with Crippen LogP contribution in [0.2, 0.25) is 0 Å². The molecule has 0 saturated heterocycles. The van der Waals surface area contributed by atoms with Crippen molar-refractivity contribution >= 4 is 39.7 Å². The van der Waals surface area contributed by atoms with Crippen molar-refractivity contribution in [2.45, 2.75) is 0 Å². The van der Waals surface area contributed by atoms with Crippen LogP contribution in [0.3, 0.4) is 0 Å². The molecule has 2 aromatic rings. The van der Waals surface area contributed by atoms with Gasteiger partial charge in [-0.2, -0.15) is 0 Å². The van der Waals surface area contributed by atoms with E-state index in [4.69, 9.17) is 11.5 Å². The van der Waals surface area contributed by atoms with Gasteiger partial charge in [0, 0.05) is 10.8 Å². The first-order valence-electron chi connectivity index (χ1n) is 4.26. The fourth-order valence-electron chi connectivity index (χ4n) is 1.36. The Morgan fingerprint density at radius 3 is 2.60 bits per heavy atom. The summed E-state index contributed by atoms with van der Waals surface area (Å²) in [6.07, 6.45) is 0. The van der Waals surface area contributed by atoms with Gasteiger partial charge in [-0.15, -0.1) is 10.2 Å². The third-order valence-corrected chi connectivity index (χ3v) is 2.06. The van der Waals surface area contributed by atoms with E-state index in [-0.39, 0.29) is 5.11 Å². The van der Waals surface area contributed by atoms with Crippen LogP contribution in [-0.4, -0.2) is 10.1 Å². The molecule has 0 bridgehead atoms. The van der Waals surface area contributed by atoms with Crippen LogP contribution in [0.15, 0.2) is 34.5 Å². The van der Waals surface area contributed by atoms with E-state index in [1.54, 1.807) is 0 Å². The summed E-state index contributed by atoms with van der Waals surface area (Å²) in [6, 6.07) is 7.60. The van der Waals surface area contributed by atoms with E-state index in [0.717, 1.165) is 10.8 Å². The number of H-pyrrole nitrogens is 1. The molecule has 2 rings (SSSR count). The molecule has 1 aromatic carbocycles. The highest BCUT2D eigenvalue weighted by atomic mass is 32.1. The lowest BCUT2D eigenvalue weighted by molar-refractivity contribution is 1.22. The number of nitrogens with one attached hydrogen (secondary N) is 1. The monoisotopic (exact) mass is 219 g/mol. The van der Waals surface area contributed by atoms with Crippen molar-refractivity contribution in [1.82, 2.24) is 4.98 Å². The molecule has 0 atom stereocenters. The number of thiocarbonyl (C=S) groups is 1. The Labute approximate surface area is 91.2 Å². The van der Waals surface area contributed by atoms with E-state index < -0.39 is 0 Å². The van der Waals surface area contributed by atoms with Gasteiger partial charge in [0.25, 0.3) is 0 Å². The molecule has 76 valence electrons. The van der Waals surface area contributed by atoms with Crippen molar-refractivity contribution in [2.75, 3.05) is 5.73 Å². The summed E-state index contributed by atoms with van der Waals surface area (Å²) in [5.41, 5.74) is 11.0. The predicted octanol–water partition coefficient (Wildman–Crippen LogP) is 2.08. The van der Waals surface area contributed by atoms with Crippen molar-refractivity contribution in [1.29, 1.82) is 0 Å². The molecule has 0 aliphatic carbocycles. The molecule has 0 aliphatic rings. The molecule has 6 heteroatoms. The molecule has 1 heterocycles. The number of fused-ring (bicyclic) bond motifs is 1. The molecule has 0 amide bonds. The Balaban J connectivity index is 2.57. The largest absolute Gasteiger partial charge is 0.385 e. The number of anilines is 1. The lowest BCUT2D eigenvalue weighted by Gasteiger charge is -1.89. The van der Waals surface area contributed by atoms with Crippen LogP contribution in [-0.2, 0) is 0 Å². The average molecular weight is 219 g/mol. The zero-order chi connectivity index (χ0) is 10.8. The number of aromatic nitrogens is 1. The van der Waals surface area contributed by atoms with E-state index in [1.807, 2.05) is 24.3 Å². The number of hydrogen-bond donors (Lipinski definition) is 3. The van der Waals surface area contributed by atoms with Gasteiger partial charge in [-0.1, -0.05) is 24.3 Å². The van der Waals surface area contributed by atoms with E-state index in [0.29, 0.717) is 11.6 Å². The SMILES string of the molecule is NC(=S)/N=N/c1[nH]c(N)c2ccccc12. The number of nitrogens with zero attached hydrogens (tertiary/aromatic N) is 2. The van der Waals surface area contributed by atoms with Crippen LogP contribution in [0.25, 0.3) is 10.8 Å². The predicted molar refractivity (Wildman–Crippen MR) is 64.0 cm³/mol. The molecule has 1 aromatic heterocycles. The second-order valence-corrected chi connectivity index (χ2v) is 3.39. The lowest BCUT2D eigenvalue weighted by Crippen LogP contribution is -2.01. The van der Waals surface area contributed by atoms with Crippen LogP contribution < -0.4 is 11.5 Å². The highest BCUT2D eigenvalue weighted by Crippen LogP contribution is 2.30. The van der Waals surface area contributed by atoms with Gasteiger partial charge in [0.2, 0.25) is 5.11 Å². The van der Waals surface area contributed by atoms with E-state index >= 15 is 0 Å². The van der Waals surface area contributed by atoms with Gasteiger partial charge in [0.1, 0.15) is 5.82 Å². The van der Waals surface area contributed by atoms with Crippen molar-refractivity contribution in [3.63, 3.8) is 0 Å². The summed E-state index contributed by atoms with van der Waals surface area (Å²) >= 11 is 4.60. The third kappa shape index (κ3) is 1.79. The fourth-order valence-corrected chi connectivity index (χ4v) is 1.41. The maximum atomic E-state index is 5.76. The molecular formula is C9H9N5S. The zero-order valence-electron chi connectivity index (χ0n) is 7.77. The summed E-state index contributed by atoms with van der Waals surface area (Å²) in [5.74, 6) is 1.12. The minimum Gasteiger partial charge on any atom is -0.385 e. The molecule has 0 spiro atoms. The van der Waals surface area contributed by atoms with Crippen LogP contribution in [0, 0.1) is 0 Å². The Morgan fingerprint density at radius 2 is 1.93 bits per heavy atom. The van der Waals surface area contributed by atoms with Crippen molar-refractivity contribution in [3.8, 4) is 0 Å². The minimum absolute atomic E-state index is 0.00717. The maximum absolute atomic E-state index is 5.76. The number of nitrogens with two attached hydrogens (primary N) is 2. The van der Waals surface area contributed by atoms with Gasteiger partial charge in [0.15, 0.2) is 5.82 Å². The van der Waals surface area contributed by atoms with Gasteiger partial charge < -0.3 is 16.5 Å². The van der Waals surface area contributed by atoms with Gasteiger partial charge in [-0.3, -0.25) is 0 Å². The van der Waals surface area contributed by atoms with Crippen LogP contribution in [0.4, 0.5) is 11.6 Å². The topological polar surface area (TPSA) is 92.5 Å². The molecule has 0 aliphatic heterocycles. The number of aromatic amines is 1. The van der Waals surface area contributed by atoms with Crippen molar-refractivity contribution in [2.24, 2.45) is 16.0 Å². The minimum atomic E-state index is -0.00717. The maximum Gasteiger partial charge on any atom is 0.211 e. The van der Waals surface area contributed by atoms with E-state index in [1.165, 1.54) is 0 Å². The number of azo groups is 1. The molecule has 0 unspecified atom stereocenters. The van der Waals surface area contributed by atoms with Crippen LogP contribution in [0.1, 0.15) is 0 Å². The zero-order valence-corrected chi connectivity index (χ0v) is 8.58. The van der Waals surface area contributed by atoms with Gasteiger partial charge in [-0.05, 0) is 12.2 Å². The number of nitrogen functional groups attached to an aromatic ring is 1. The molecule has 0 fully saturated rings. The summed E-state index contributed by atoms with van der Waals surface area (Å²) in [6.45, 7) is 0. The van der Waals surface area contributed by atoms with Gasteiger partial charge in [-0.25, -0.2) is 0 Å². The van der Waals surface area contributed by atoms with Gasteiger partial charge >= 0.3 is 0 Å². The first-order valence-corrected chi connectivity index (χ1v) is 4.66. The van der Waals surface area contributed by atoms with Crippen LogP contribution >= 0.6 is 12.2 Å². The average Bonchev–Trinajstić information content (AvgIpc) is 2.54. The van der Waals surface area contributed by atoms with Crippen LogP contribution in [0.5, 0.6) is 0 Å². The number of hydrogen-bond acceptors (Lipinski definition) is 3. The quantitative estimate of drug-likeness (QED) is 0.506. The van der Waals surface area contributed by atoms with E-state index in [2.05, 4.69) is 27.4 Å². The van der Waals surface area contributed by atoms with Crippen molar-refractivity contribution < 1.29 is 0 Å². The Kier molecular flexibility index (Phi) is 2.34. The summed E-state index contributed by atoms with van der Waals surface area (Å²) < 4.78 is 0. The normalized spacial score (nSPS) is 11.2. The molecule has 0 saturated carbocycles. The lowest BCUT2D eigenvalue weighted by atomic mass is 10.2. The summed E-state index contributed by atoms with van der Waals surface area (Å²) in [7, 11) is 0. The first kappa shape index (κ1) is 9.60. The third-order valence-electron chi connectivity index (χ3n) is 1.97. The summed E-state index contributed by atoms with van der Waals surface area (Å²) in [4.78, 5) is 2.91. The molecular weight excluding hydrogens is 210 g/mol. The standard InChI is InChI=1S/C9H9N5S/c10-7-5-3-1-2-4-6(5)8(12-7)13-14-9(11)15/h1-4,12H,10H2,(H2,11,15)/b14-13+. The highest BCUT2D eigenvalue weighted by molar-refractivity contribution is 7.80. The van der Waals surface area contributed by atoms with E-state index in [9.17, 15) is 0 Å². The Hall–Kier alpha value is -1.95. The number of benzene rings is 1.